The minimum Gasteiger partial charge on any atom is -0.398 e. The molecule has 1 atom stereocenters. The first-order chi connectivity index (χ1) is 9.86. The molecule has 118 valence electrons. The predicted molar refractivity (Wildman–Crippen MR) is 85.9 cm³/mol. The molecule has 0 aromatic heterocycles. The summed E-state index contributed by atoms with van der Waals surface area (Å²) in [6.07, 6.45) is 1.58. The molecule has 1 aromatic carbocycles. The standard InChI is InChI=1S/C14H22ClN3O2S/c1-3-12-10-17(2)7-4-8-18(12)21(19,20)14-9-11(15)5-6-13(14)16/h5-6,9,12H,3-4,7-8,10,16H2,1-2H3. The Labute approximate surface area is 131 Å². The predicted octanol–water partition coefficient (Wildman–Crippen LogP) is 2.03. The van der Waals surface area contributed by atoms with Crippen molar-refractivity contribution in [2.24, 2.45) is 0 Å². The van der Waals surface area contributed by atoms with Crippen LogP contribution in [0.1, 0.15) is 19.8 Å². The van der Waals surface area contributed by atoms with Crippen molar-refractivity contribution in [1.82, 2.24) is 9.21 Å². The maximum absolute atomic E-state index is 13.0. The third-order valence-corrected chi connectivity index (χ3v) is 6.12. The first kappa shape index (κ1) is 16.5. The number of nitrogen functional groups attached to an aromatic ring is 1. The van der Waals surface area contributed by atoms with E-state index in [0.29, 0.717) is 11.6 Å². The number of likely N-dealkylation sites (N-methyl/N-ethyl adjacent to an activating group) is 1. The Bertz CT molecular complexity index is 606. The highest BCUT2D eigenvalue weighted by Crippen LogP contribution is 2.28. The van der Waals surface area contributed by atoms with Gasteiger partial charge in [0, 0.05) is 24.2 Å². The molecule has 0 spiro atoms. The van der Waals surface area contributed by atoms with E-state index in [1.54, 1.807) is 16.4 Å². The third kappa shape index (κ3) is 3.51. The summed E-state index contributed by atoms with van der Waals surface area (Å²) >= 11 is 5.94. The van der Waals surface area contributed by atoms with Gasteiger partial charge >= 0.3 is 0 Å². The van der Waals surface area contributed by atoms with E-state index < -0.39 is 10.0 Å². The van der Waals surface area contributed by atoms with Gasteiger partial charge in [-0.05, 0) is 44.6 Å². The van der Waals surface area contributed by atoms with Crippen LogP contribution in [0, 0.1) is 0 Å². The van der Waals surface area contributed by atoms with Crippen LogP contribution >= 0.6 is 11.6 Å². The largest absolute Gasteiger partial charge is 0.398 e. The number of anilines is 1. The molecule has 1 fully saturated rings. The molecule has 1 aliphatic rings. The molecule has 0 saturated carbocycles. The second-order valence-corrected chi connectivity index (χ2v) is 7.77. The van der Waals surface area contributed by atoms with Crippen molar-refractivity contribution < 1.29 is 8.42 Å². The van der Waals surface area contributed by atoms with E-state index in [1.165, 1.54) is 6.07 Å². The minimum atomic E-state index is -3.63. The Morgan fingerprint density at radius 1 is 1.38 bits per heavy atom. The molecular formula is C14H22ClN3O2S. The summed E-state index contributed by atoms with van der Waals surface area (Å²) < 4.78 is 27.5. The molecule has 0 amide bonds. The smallest absolute Gasteiger partial charge is 0.245 e. The molecule has 0 bridgehead atoms. The van der Waals surface area contributed by atoms with Crippen LogP contribution in [0.3, 0.4) is 0 Å². The summed E-state index contributed by atoms with van der Waals surface area (Å²) in [6.45, 7) is 4.15. The van der Waals surface area contributed by atoms with Crippen LogP contribution in [-0.4, -0.2) is 50.3 Å². The summed E-state index contributed by atoms with van der Waals surface area (Å²) in [4.78, 5) is 2.28. The van der Waals surface area contributed by atoms with Crippen molar-refractivity contribution in [1.29, 1.82) is 0 Å². The minimum absolute atomic E-state index is 0.0409. The van der Waals surface area contributed by atoms with Crippen LogP contribution in [-0.2, 0) is 10.0 Å². The molecule has 1 aliphatic heterocycles. The van der Waals surface area contributed by atoms with E-state index in [0.717, 1.165) is 25.9 Å². The van der Waals surface area contributed by atoms with E-state index in [4.69, 9.17) is 17.3 Å². The van der Waals surface area contributed by atoms with Crippen LogP contribution in [0.15, 0.2) is 23.1 Å². The zero-order valence-corrected chi connectivity index (χ0v) is 14.0. The van der Waals surface area contributed by atoms with Crippen LogP contribution in [0.4, 0.5) is 5.69 Å². The molecule has 2 rings (SSSR count). The molecule has 0 aliphatic carbocycles. The van der Waals surface area contributed by atoms with E-state index in [2.05, 4.69) is 4.90 Å². The first-order valence-corrected chi connectivity index (χ1v) is 8.93. The molecule has 2 N–H and O–H groups in total. The number of hydrogen-bond donors (Lipinski definition) is 1. The van der Waals surface area contributed by atoms with Crippen molar-refractivity contribution >= 4 is 27.3 Å². The van der Waals surface area contributed by atoms with E-state index in [9.17, 15) is 8.42 Å². The number of hydrogen-bond acceptors (Lipinski definition) is 4. The van der Waals surface area contributed by atoms with Gasteiger partial charge in [0.05, 0.1) is 5.69 Å². The molecule has 21 heavy (non-hydrogen) atoms. The van der Waals surface area contributed by atoms with Gasteiger partial charge in [-0.2, -0.15) is 4.31 Å². The van der Waals surface area contributed by atoms with Crippen LogP contribution < -0.4 is 5.73 Å². The van der Waals surface area contributed by atoms with Crippen LogP contribution in [0.5, 0.6) is 0 Å². The molecule has 1 aromatic rings. The second kappa shape index (κ2) is 6.52. The fraction of sp³-hybridized carbons (Fsp3) is 0.571. The van der Waals surface area contributed by atoms with Gasteiger partial charge in [-0.1, -0.05) is 18.5 Å². The Morgan fingerprint density at radius 3 is 2.76 bits per heavy atom. The quantitative estimate of drug-likeness (QED) is 0.861. The lowest BCUT2D eigenvalue weighted by Crippen LogP contribution is -2.43. The SMILES string of the molecule is CCC1CN(C)CCCN1S(=O)(=O)c1cc(Cl)ccc1N. The lowest BCUT2D eigenvalue weighted by Gasteiger charge is -2.29. The van der Waals surface area contributed by atoms with Gasteiger partial charge in [0.25, 0.3) is 0 Å². The second-order valence-electron chi connectivity index (χ2n) is 5.48. The highest BCUT2D eigenvalue weighted by atomic mass is 35.5. The molecule has 5 nitrogen and oxygen atoms in total. The number of nitrogens with zero attached hydrogens (tertiary/aromatic N) is 2. The summed E-state index contributed by atoms with van der Waals surface area (Å²) in [5.74, 6) is 0. The van der Waals surface area contributed by atoms with Crippen molar-refractivity contribution in [3.63, 3.8) is 0 Å². The Hall–Kier alpha value is -0.820. The van der Waals surface area contributed by atoms with Crippen molar-refractivity contribution in [3.05, 3.63) is 23.2 Å². The lowest BCUT2D eigenvalue weighted by atomic mass is 10.2. The number of nitrogens with two attached hydrogens (primary N) is 1. The number of halogens is 1. The molecule has 7 heteroatoms. The highest BCUT2D eigenvalue weighted by molar-refractivity contribution is 7.89. The summed E-state index contributed by atoms with van der Waals surface area (Å²) in [5.41, 5.74) is 6.10. The molecule has 1 unspecified atom stereocenters. The van der Waals surface area contributed by atoms with E-state index in [-0.39, 0.29) is 16.6 Å². The normalized spacial score (nSPS) is 22.1. The Morgan fingerprint density at radius 2 is 2.10 bits per heavy atom. The number of sulfonamides is 1. The Balaban J connectivity index is 2.43. The fourth-order valence-electron chi connectivity index (χ4n) is 2.73. The van der Waals surface area contributed by atoms with Crippen molar-refractivity contribution in [2.75, 3.05) is 32.4 Å². The Kier molecular flexibility index (Phi) is 5.14. The van der Waals surface area contributed by atoms with Gasteiger partial charge in [-0.3, -0.25) is 0 Å². The molecular weight excluding hydrogens is 310 g/mol. The van der Waals surface area contributed by atoms with Gasteiger partial charge < -0.3 is 10.6 Å². The van der Waals surface area contributed by atoms with E-state index in [1.807, 2.05) is 14.0 Å². The van der Waals surface area contributed by atoms with Gasteiger partial charge in [0.2, 0.25) is 10.0 Å². The fourth-order valence-corrected chi connectivity index (χ4v) is 4.84. The topological polar surface area (TPSA) is 66.6 Å². The summed E-state index contributed by atoms with van der Waals surface area (Å²) in [7, 11) is -1.61. The van der Waals surface area contributed by atoms with Crippen molar-refractivity contribution in [2.45, 2.75) is 30.7 Å². The zero-order chi connectivity index (χ0) is 15.6. The van der Waals surface area contributed by atoms with Crippen LogP contribution in [0.2, 0.25) is 5.02 Å². The first-order valence-electron chi connectivity index (χ1n) is 7.11. The number of benzene rings is 1. The van der Waals surface area contributed by atoms with Gasteiger partial charge in [0.15, 0.2) is 0 Å². The van der Waals surface area contributed by atoms with E-state index >= 15 is 0 Å². The zero-order valence-electron chi connectivity index (χ0n) is 12.4. The van der Waals surface area contributed by atoms with Gasteiger partial charge in [-0.25, -0.2) is 8.42 Å². The van der Waals surface area contributed by atoms with Gasteiger partial charge in [0.1, 0.15) is 4.90 Å². The molecule has 1 heterocycles. The maximum atomic E-state index is 13.0. The monoisotopic (exact) mass is 331 g/mol. The average molecular weight is 332 g/mol. The van der Waals surface area contributed by atoms with Crippen LogP contribution in [0.25, 0.3) is 0 Å². The van der Waals surface area contributed by atoms with Gasteiger partial charge in [-0.15, -0.1) is 0 Å². The summed E-state index contributed by atoms with van der Waals surface area (Å²) in [6, 6.07) is 4.54. The summed E-state index contributed by atoms with van der Waals surface area (Å²) in [5, 5.41) is 0.378. The molecule has 1 saturated heterocycles. The molecule has 0 radical (unpaired) electrons. The third-order valence-electron chi connectivity index (χ3n) is 3.88. The van der Waals surface area contributed by atoms with Crippen molar-refractivity contribution in [3.8, 4) is 0 Å². The highest BCUT2D eigenvalue weighted by Gasteiger charge is 2.33. The number of rotatable bonds is 3. The average Bonchev–Trinajstić information content (AvgIpc) is 2.63. The lowest BCUT2D eigenvalue weighted by molar-refractivity contribution is 0.270. The maximum Gasteiger partial charge on any atom is 0.245 e.